The van der Waals surface area contributed by atoms with Crippen LogP contribution in [0, 0.1) is 0 Å². The zero-order chi connectivity index (χ0) is 15.5. The second-order valence-electron chi connectivity index (χ2n) is 5.63. The van der Waals surface area contributed by atoms with Crippen molar-refractivity contribution in [1.29, 1.82) is 0 Å². The summed E-state index contributed by atoms with van der Waals surface area (Å²) in [5, 5.41) is 5.16. The SMILES string of the molecule is C[C@@H](c1nc2ccccc2s1)N(C)C(=S)NC[C@@H]1CCCO1. The van der Waals surface area contributed by atoms with Gasteiger partial charge in [0.25, 0.3) is 0 Å². The lowest BCUT2D eigenvalue weighted by atomic mass is 10.2. The molecule has 1 aliphatic rings. The van der Waals surface area contributed by atoms with Gasteiger partial charge in [0.1, 0.15) is 5.01 Å². The fraction of sp³-hybridized carbons (Fsp3) is 0.500. The summed E-state index contributed by atoms with van der Waals surface area (Å²) >= 11 is 7.23. The first-order chi connectivity index (χ1) is 10.6. The molecule has 1 saturated heterocycles. The van der Waals surface area contributed by atoms with E-state index in [1.807, 2.05) is 19.2 Å². The Labute approximate surface area is 140 Å². The van der Waals surface area contributed by atoms with Crippen LogP contribution in [0.4, 0.5) is 0 Å². The molecule has 6 heteroatoms. The van der Waals surface area contributed by atoms with E-state index in [-0.39, 0.29) is 6.04 Å². The van der Waals surface area contributed by atoms with E-state index < -0.39 is 0 Å². The standard InChI is InChI=1S/C16H21N3OS2/c1-11(15-18-13-7-3-4-8-14(13)22-15)19(2)16(21)17-10-12-6-5-9-20-12/h3-4,7-8,11-12H,5-6,9-10H2,1-2H3,(H,17,21)/t11-,12-/m0/s1. The molecule has 2 heterocycles. The Bertz CT molecular complexity index is 619. The topological polar surface area (TPSA) is 37.4 Å². The number of fused-ring (bicyclic) bond motifs is 1. The van der Waals surface area contributed by atoms with Crippen molar-refractivity contribution < 1.29 is 4.74 Å². The van der Waals surface area contributed by atoms with Crippen LogP contribution in [0.5, 0.6) is 0 Å². The van der Waals surface area contributed by atoms with Crippen LogP contribution in [0.1, 0.15) is 30.8 Å². The molecule has 0 amide bonds. The molecule has 3 rings (SSSR count). The molecule has 2 atom stereocenters. The zero-order valence-electron chi connectivity index (χ0n) is 12.9. The quantitative estimate of drug-likeness (QED) is 0.868. The van der Waals surface area contributed by atoms with E-state index in [1.165, 1.54) is 4.70 Å². The van der Waals surface area contributed by atoms with E-state index in [0.717, 1.165) is 41.6 Å². The van der Waals surface area contributed by atoms with E-state index in [2.05, 4.69) is 29.3 Å². The van der Waals surface area contributed by atoms with Crippen molar-refractivity contribution >= 4 is 38.9 Å². The molecule has 1 aromatic heterocycles. The maximum Gasteiger partial charge on any atom is 0.169 e. The lowest BCUT2D eigenvalue weighted by Crippen LogP contribution is -2.41. The number of thiocarbonyl (C=S) groups is 1. The second-order valence-corrected chi connectivity index (χ2v) is 7.08. The zero-order valence-corrected chi connectivity index (χ0v) is 14.5. The highest BCUT2D eigenvalue weighted by Gasteiger charge is 2.20. The summed E-state index contributed by atoms with van der Waals surface area (Å²) in [7, 11) is 2.02. The number of nitrogens with zero attached hydrogens (tertiary/aromatic N) is 2. The number of aromatic nitrogens is 1. The lowest BCUT2D eigenvalue weighted by Gasteiger charge is -2.27. The van der Waals surface area contributed by atoms with Crippen molar-refractivity contribution in [2.24, 2.45) is 0 Å². The van der Waals surface area contributed by atoms with Gasteiger partial charge in [0.15, 0.2) is 5.11 Å². The van der Waals surface area contributed by atoms with E-state index in [1.54, 1.807) is 11.3 Å². The minimum absolute atomic E-state index is 0.155. The number of nitrogens with one attached hydrogen (secondary N) is 1. The summed E-state index contributed by atoms with van der Waals surface area (Å²) in [5.74, 6) is 0. The van der Waals surface area contributed by atoms with Crippen molar-refractivity contribution in [3.05, 3.63) is 29.3 Å². The number of hydrogen-bond acceptors (Lipinski definition) is 4. The lowest BCUT2D eigenvalue weighted by molar-refractivity contribution is 0.113. The largest absolute Gasteiger partial charge is 0.376 e. The molecule has 4 nitrogen and oxygen atoms in total. The Kier molecular flexibility index (Phi) is 4.90. The smallest absolute Gasteiger partial charge is 0.169 e. The molecule has 118 valence electrons. The highest BCUT2D eigenvalue weighted by Crippen LogP contribution is 2.28. The summed E-state index contributed by atoms with van der Waals surface area (Å²) in [6.45, 7) is 3.80. The number of para-hydroxylation sites is 1. The van der Waals surface area contributed by atoms with E-state index >= 15 is 0 Å². The molecule has 0 spiro atoms. The predicted molar refractivity (Wildman–Crippen MR) is 95.4 cm³/mol. The molecule has 0 unspecified atom stereocenters. The van der Waals surface area contributed by atoms with Crippen LogP contribution < -0.4 is 5.32 Å². The van der Waals surface area contributed by atoms with Crippen LogP contribution in [-0.2, 0) is 4.74 Å². The molecular weight excluding hydrogens is 314 g/mol. The van der Waals surface area contributed by atoms with Crippen LogP contribution >= 0.6 is 23.6 Å². The minimum Gasteiger partial charge on any atom is -0.376 e. The molecule has 0 saturated carbocycles. The van der Waals surface area contributed by atoms with Gasteiger partial charge in [-0.05, 0) is 44.1 Å². The first kappa shape index (κ1) is 15.6. The van der Waals surface area contributed by atoms with Crippen molar-refractivity contribution in [3.8, 4) is 0 Å². The molecule has 0 aliphatic carbocycles. The van der Waals surface area contributed by atoms with Gasteiger partial charge in [-0.1, -0.05) is 12.1 Å². The number of thiazole rings is 1. The van der Waals surface area contributed by atoms with Gasteiger partial charge in [0, 0.05) is 20.2 Å². The molecule has 1 fully saturated rings. The van der Waals surface area contributed by atoms with E-state index in [4.69, 9.17) is 21.9 Å². The van der Waals surface area contributed by atoms with Crippen molar-refractivity contribution in [3.63, 3.8) is 0 Å². The van der Waals surface area contributed by atoms with E-state index in [0.29, 0.717) is 6.10 Å². The van der Waals surface area contributed by atoms with E-state index in [9.17, 15) is 0 Å². The maximum atomic E-state index is 5.62. The van der Waals surface area contributed by atoms with Crippen molar-refractivity contribution in [1.82, 2.24) is 15.2 Å². The number of ether oxygens (including phenoxy) is 1. The third-order valence-corrected chi connectivity index (χ3v) is 5.71. The summed E-state index contributed by atoms with van der Waals surface area (Å²) < 4.78 is 6.84. The Balaban J connectivity index is 1.62. The molecule has 0 radical (unpaired) electrons. The van der Waals surface area contributed by atoms with Gasteiger partial charge in [-0.2, -0.15) is 0 Å². The van der Waals surface area contributed by atoms with Crippen molar-refractivity contribution in [2.45, 2.75) is 31.9 Å². The molecule has 2 aromatic rings. The summed E-state index contributed by atoms with van der Waals surface area (Å²) in [6, 6.07) is 8.38. The fourth-order valence-corrected chi connectivity index (χ4v) is 3.85. The van der Waals surface area contributed by atoms with Gasteiger partial charge >= 0.3 is 0 Å². The number of rotatable bonds is 4. The monoisotopic (exact) mass is 335 g/mol. The average molecular weight is 335 g/mol. The minimum atomic E-state index is 0.155. The summed E-state index contributed by atoms with van der Waals surface area (Å²) in [6.07, 6.45) is 2.56. The second kappa shape index (κ2) is 6.89. The third-order valence-electron chi connectivity index (χ3n) is 4.07. The van der Waals surface area contributed by atoms with Gasteiger partial charge in [0.2, 0.25) is 0 Å². The van der Waals surface area contributed by atoms with Gasteiger partial charge in [-0.15, -0.1) is 11.3 Å². The Morgan fingerprint density at radius 1 is 1.55 bits per heavy atom. The maximum absolute atomic E-state index is 5.62. The summed E-state index contributed by atoms with van der Waals surface area (Å²) in [4.78, 5) is 6.79. The van der Waals surface area contributed by atoms with Gasteiger partial charge < -0.3 is 15.0 Å². The number of benzene rings is 1. The van der Waals surface area contributed by atoms with Crippen LogP contribution in [0.15, 0.2) is 24.3 Å². The van der Waals surface area contributed by atoms with Gasteiger partial charge in [-0.3, -0.25) is 0 Å². The molecular formula is C16H21N3OS2. The Morgan fingerprint density at radius 3 is 3.09 bits per heavy atom. The van der Waals surface area contributed by atoms with Crippen LogP contribution in [0.2, 0.25) is 0 Å². The van der Waals surface area contributed by atoms with Crippen LogP contribution in [-0.4, -0.2) is 41.3 Å². The molecule has 1 aromatic carbocycles. The molecule has 0 bridgehead atoms. The van der Waals surface area contributed by atoms with Crippen LogP contribution in [0.25, 0.3) is 10.2 Å². The van der Waals surface area contributed by atoms with Gasteiger partial charge in [-0.25, -0.2) is 4.98 Å². The normalized spacial score (nSPS) is 19.3. The third kappa shape index (κ3) is 3.39. The first-order valence-electron chi connectivity index (χ1n) is 7.63. The highest BCUT2D eigenvalue weighted by molar-refractivity contribution is 7.80. The van der Waals surface area contributed by atoms with Crippen molar-refractivity contribution in [2.75, 3.05) is 20.2 Å². The number of hydrogen-bond donors (Lipinski definition) is 1. The highest BCUT2D eigenvalue weighted by atomic mass is 32.1. The molecule has 1 aliphatic heterocycles. The fourth-order valence-electron chi connectivity index (χ4n) is 2.54. The Morgan fingerprint density at radius 2 is 2.36 bits per heavy atom. The predicted octanol–water partition coefficient (Wildman–Crippen LogP) is 3.34. The van der Waals surface area contributed by atoms with Gasteiger partial charge in [0.05, 0.1) is 22.4 Å². The average Bonchev–Trinajstić information content (AvgIpc) is 3.19. The van der Waals surface area contributed by atoms with Crippen LogP contribution in [0.3, 0.4) is 0 Å². The molecule has 22 heavy (non-hydrogen) atoms. The Hall–Kier alpha value is -1.24. The first-order valence-corrected chi connectivity index (χ1v) is 8.85. The summed E-state index contributed by atoms with van der Waals surface area (Å²) in [5.41, 5.74) is 1.06. The molecule has 1 N–H and O–H groups in total.